The van der Waals surface area contributed by atoms with Crippen molar-refractivity contribution in [2.75, 3.05) is 47.0 Å². The number of methoxy groups -OCH3 is 1. The molecule has 1 aromatic rings. The van der Waals surface area contributed by atoms with Gasteiger partial charge in [-0.05, 0) is 38.9 Å². The molecule has 27 heavy (non-hydrogen) atoms. The Kier molecular flexibility index (Phi) is 14.3. The molecule has 1 rings (SSSR count). The van der Waals surface area contributed by atoms with Crippen LogP contribution in [-0.2, 0) is 11.3 Å². The second-order valence-electron chi connectivity index (χ2n) is 6.53. The minimum atomic E-state index is 0. The van der Waals surface area contributed by atoms with Crippen molar-refractivity contribution >= 4 is 29.9 Å². The Labute approximate surface area is 182 Å². The summed E-state index contributed by atoms with van der Waals surface area (Å²) in [5.74, 6) is 1.69. The number of nitrogens with one attached hydrogen (secondary N) is 2. The van der Waals surface area contributed by atoms with Gasteiger partial charge in [-0.1, -0.05) is 19.1 Å². The average Bonchev–Trinajstić information content (AvgIpc) is 2.62. The lowest BCUT2D eigenvalue weighted by molar-refractivity contribution is 0.145. The zero-order chi connectivity index (χ0) is 19.4. The van der Waals surface area contributed by atoms with Gasteiger partial charge in [-0.15, -0.1) is 24.0 Å². The van der Waals surface area contributed by atoms with Crippen LogP contribution >= 0.6 is 24.0 Å². The quantitative estimate of drug-likeness (QED) is 0.215. The lowest BCUT2D eigenvalue weighted by Gasteiger charge is -2.25. The lowest BCUT2D eigenvalue weighted by atomic mass is 10.1. The normalized spacial score (nSPS) is 11.5. The second-order valence-corrected chi connectivity index (χ2v) is 6.53. The summed E-state index contributed by atoms with van der Waals surface area (Å²) < 4.78 is 10.9. The van der Waals surface area contributed by atoms with Crippen molar-refractivity contribution in [1.29, 1.82) is 0 Å². The molecule has 1 aromatic carbocycles. The minimum absolute atomic E-state index is 0. The Balaban J connectivity index is 0.00000676. The molecule has 0 radical (unpaired) electrons. The van der Waals surface area contributed by atoms with Gasteiger partial charge >= 0.3 is 0 Å². The molecule has 0 saturated heterocycles. The largest absolute Gasteiger partial charge is 0.491 e. The van der Waals surface area contributed by atoms with Crippen LogP contribution in [0.15, 0.2) is 23.2 Å². The molecule has 6 nitrogen and oxygen atoms in total. The van der Waals surface area contributed by atoms with Gasteiger partial charge in [-0.3, -0.25) is 9.89 Å². The fraction of sp³-hybridized carbons (Fsp3) is 0.650. The smallest absolute Gasteiger partial charge is 0.191 e. The third kappa shape index (κ3) is 10.2. The van der Waals surface area contributed by atoms with Crippen LogP contribution in [0.3, 0.4) is 0 Å². The molecule has 0 heterocycles. The van der Waals surface area contributed by atoms with Crippen molar-refractivity contribution in [2.24, 2.45) is 4.99 Å². The van der Waals surface area contributed by atoms with Gasteiger partial charge in [-0.25, -0.2) is 0 Å². The van der Waals surface area contributed by atoms with E-state index in [1.807, 2.05) is 0 Å². The summed E-state index contributed by atoms with van der Waals surface area (Å²) in [6.45, 7) is 13.4. The minimum Gasteiger partial charge on any atom is -0.491 e. The van der Waals surface area contributed by atoms with Crippen LogP contribution in [-0.4, -0.2) is 63.9 Å². The predicted octanol–water partition coefficient (Wildman–Crippen LogP) is 3.03. The maximum atomic E-state index is 5.85. The van der Waals surface area contributed by atoms with E-state index in [0.29, 0.717) is 25.8 Å². The average molecular weight is 492 g/mol. The number of benzene rings is 1. The highest BCUT2D eigenvalue weighted by Gasteiger charge is 2.08. The number of aliphatic imine (C=N–C) groups is 1. The van der Waals surface area contributed by atoms with Gasteiger partial charge in [-0.2, -0.15) is 0 Å². The summed E-state index contributed by atoms with van der Waals surface area (Å²) in [5.41, 5.74) is 2.28. The summed E-state index contributed by atoms with van der Waals surface area (Å²) in [6, 6.07) is 6.80. The predicted molar refractivity (Wildman–Crippen MR) is 125 cm³/mol. The van der Waals surface area contributed by atoms with E-state index in [1.54, 1.807) is 14.2 Å². The van der Waals surface area contributed by atoms with Gasteiger partial charge in [0.1, 0.15) is 12.4 Å². The number of ether oxygens (including phenoxy) is 2. The number of guanidine groups is 1. The molecule has 0 aliphatic rings. The third-order valence-electron chi connectivity index (χ3n) is 4.27. The molecule has 0 spiro atoms. The van der Waals surface area contributed by atoms with Crippen molar-refractivity contribution in [1.82, 2.24) is 15.5 Å². The molecule has 0 bridgehead atoms. The number of hydrogen-bond donors (Lipinski definition) is 2. The van der Waals surface area contributed by atoms with Crippen LogP contribution < -0.4 is 15.4 Å². The molecule has 0 aliphatic heterocycles. The maximum absolute atomic E-state index is 5.85. The van der Waals surface area contributed by atoms with Crippen LogP contribution in [0.5, 0.6) is 5.75 Å². The lowest BCUT2D eigenvalue weighted by Crippen LogP contribution is -2.42. The molecular formula is C20H37IN4O2. The number of aryl methyl sites for hydroxylation is 1. The molecule has 0 atom stereocenters. The summed E-state index contributed by atoms with van der Waals surface area (Å²) >= 11 is 0. The molecule has 0 fully saturated rings. The molecule has 0 aliphatic carbocycles. The van der Waals surface area contributed by atoms with Gasteiger partial charge in [0.2, 0.25) is 0 Å². The topological polar surface area (TPSA) is 58.1 Å². The number of halogens is 1. The van der Waals surface area contributed by atoms with Gasteiger partial charge in [0.15, 0.2) is 5.96 Å². The first-order valence-corrected chi connectivity index (χ1v) is 9.41. The number of nitrogens with zero attached hydrogens (tertiary/aromatic N) is 2. The monoisotopic (exact) mass is 492 g/mol. The Bertz CT molecular complexity index is 553. The summed E-state index contributed by atoms with van der Waals surface area (Å²) in [5, 5.41) is 6.74. The molecule has 0 aromatic heterocycles. The number of rotatable bonds is 11. The highest BCUT2D eigenvalue weighted by molar-refractivity contribution is 14.0. The van der Waals surface area contributed by atoms with Gasteiger partial charge < -0.3 is 20.1 Å². The van der Waals surface area contributed by atoms with Crippen molar-refractivity contribution in [3.8, 4) is 5.75 Å². The Hall–Kier alpha value is -1.06. The van der Waals surface area contributed by atoms with Gasteiger partial charge in [0, 0.05) is 45.4 Å². The Morgan fingerprint density at radius 1 is 1.22 bits per heavy atom. The second kappa shape index (κ2) is 14.9. The Morgan fingerprint density at radius 3 is 2.56 bits per heavy atom. The van der Waals surface area contributed by atoms with E-state index in [4.69, 9.17) is 9.47 Å². The van der Waals surface area contributed by atoms with E-state index >= 15 is 0 Å². The standard InChI is InChI=1S/C20H36N4O2.HI/c1-7-24(16(2)3)11-10-22-20(21-5)23-15-18-9-8-17(4)14-19(18)26-13-12-25-6;/h8-9,14,16H,7,10-13,15H2,1-6H3,(H2,21,22,23);1H. The maximum Gasteiger partial charge on any atom is 0.191 e. The van der Waals surface area contributed by atoms with Crippen LogP contribution in [0.1, 0.15) is 31.9 Å². The van der Waals surface area contributed by atoms with E-state index < -0.39 is 0 Å². The SMILES string of the molecule is CCN(CCNC(=NC)NCc1ccc(C)cc1OCCOC)C(C)C.I. The zero-order valence-electron chi connectivity index (χ0n) is 17.7. The van der Waals surface area contributed by atoms with E-state index in [9.17, 15) is 0 Å². The number of hydrogen-bond acceptors (Lipinski definition) is 4. The van der Waals surface area contributed by atoms with Crippen molar-refractivity contribution in [2.45, 2.75) is 40.3 Å². The van der Waals surface area contributed by atoms with E-state index in [1.165, 1.54) is 5.56 Å². The Morgan fingerprint density at radius 2 is 1.96 bits per heavy atom. The van der Waals surface area contributed by atoms with Crippen LogP contribution in [0.2, 0.25) is 0 Å². The molecule has 0 amide bonds. The van der Waals surface area contributed by atoms with E-state index in [2.05, 4.69) is 66.4 Å². The molecule has 7 heteroatoms. The third-order valence-corrected chi connectivity index (χ3v) is 4.27. The molecule has 0 unspecified atom stereocenters. The highest BCUT2D eigenvalue weighted by atomic mass is 127. The fourth-order valence-electron chi connectivity index (χ4n) is 2.68. The first-order valence-electron chi connectivity index (χ1n) is 9.41. The number of likely N-dealkylation sites (N-methyl/N-ethyl adjacent to an activating group) is 1. The zero-order valence-corrected chi connectivity index (χ0v) is 20.0. The van der Waals surface area contributed by atoms with Crippen molar-refractivity contribution in [3.63, 3.8) is 0 Å². The molecule has 2 N–H and O–H groups in total. The molecule has 156 valence electrons. The van der Waals surface area contributed by atoms with Gasteiger partial charge in [0.25, 0.3) is 0 Å². The van der Waals surface area contributed by atoms with E-state index in [0.717, 1.165) is 36.9 Å². The highest BCUT2D eigenvalue weighted by Crippen LogP contribution is 2.20. The molecule has 0 saturated carbocycles. The fourth-order valence-corrected chi connectivity index (χ4v) is 2.68. The first-order chi connectivity index (χ1) is 12.5. The summed E-state index contributed by atoms with van der Waals surface area (Å²) in [6.07, 6.45) is 0. The van der Waals surface area contributed by atoms with Crippen LogP contribution in [0.4, 0.5) is 0 Å². The summed E-state index contributed by atoms with van der Waals surface area (Å²) in [4.78, 5) is 6.73. The van der Waals surface area contributed by atoms with Gasteiger partial charge in [0.05, 0.1) is 6.61 Å². The summed E-state index contributed by atoms with van der Waals surface area (Å²) in [7, 11) is 3.47. The van der Waals surface area contributed by atoms with Crippen molar-refractivity contribution in [3.05, 3.63) is 29.3 Å². The molecular weight excluding hydrogens is 455 g/mol. The van der Waals surface area contributed by atoms with E-state index in [-0.39, 0.29) is 24.0 Å². The van der Waals surface area contributed by atoms with Crippen LogP contribution in [0.25, 0.3) is 0 Å². The first kappa shape index (κ1) is 25.9. The van der Waals surface area contributed by atoms with Crippen molar-refractivity contribution < 1.29 is 9.47 Å². The van der Waals surface area contributed by atoms with Crippen LogP contribution in [0, 0.1) is 6.92 Å².